The Labute approximate surface area is 86.6 Å². The zero-order valence-electron chi connectivity index (χ0n) is 8.43. The lowest BCUT2D eigenvalue weighted by Gasteiger charge is -2.08. The molecule has 1 aromatic rings. The molecule has 5 heteroatoms. The molecular formula is C10H13NO4. The van der Waals surface area contributed by atoms with Crippen LogP contribution in [0.15, 0.2) is 16.9 Å². The standard InChI is InChI=1S/C10H13NO4/c1-7-5-8(12)6-9(13)11(7)4-2-3-10(14)15/h5-6,12H,2-4H2,1H3,(H,14,15). The van der Waals surface area contributed by atoms with Crippen molar-refractivity contribution in [2.24, 2.45) is 0 Å². The SMILES string of the molecule is Cc1cc(O)cc(=O)n1CCCC(=O)O. The fourth-order valence-corrected chi connectivity index (χ4v) is 1.39. The molecule has 82 valence electrons. The molecule has 0 aliphatic heterocycles. The highest BCUT2D eigenvalue weighted by Gasteiger charge is 2.03. The summed E-state index contributed by atoms with van der Waals surface area (Å²) in [7, 11) is 0. The predicted molar refractivity (Wildman–Crippen MR) is 54.0 cm³/mol. The van der Waals surface area contributed by atoms with Gasteiger partial charge in [-0.05, 0) is 19.4 Å². The van der Waals surface area contributed by atoms with E-state index < -0.39 is 5.97 Å². The fourth-order valence-electron chi connectivity index (χ4n) is 1.39. The number of hydrogen-bond donors (Lipinski definition) is 2. The number of nitrogens with zero attached hydrogens (tertiary/aromatic N) is 1. The van der Waals surface area contributed by atoms with Crippen molar-refractivity contribution in [3.05, 3.63) is 28.2 Å². The van der Waals surface area contributed by atoms with Gasteiger partial charge in [0.2, 0.25) is 0 Å². The van der Waals surface area contributed by atoms with Crippen LogP contribution in [0.2, 0.25) is 0 Å². The largest absolute Gasteiger partial charge is 0.508 e. The van der Waals surface area contributed by atoms with Gasteiger partial charge in [0, 0.05) is 24.7 Å². The first kappa shape index (κ1) is 11.3. The quantitative estimate of drug-likeness (QED) is 0.769. The number of carboxylic acids is 1. The van der Waals surface area contributed by atoms with Gasteiger partial charge >= 0.3 is 5.97 Å². The van der Waals surface area contributed by atoms with E-state index in [1.165, 1.54) is 10.6 Å². The summed E-state index contributed by atoms with van der Waals surface area (Å²) >= 11 is 0. The molecule has 0 bridgehead atoms. The molecule has 0 radical (unpaired) electrons. The minimum Gasteiger partial charge on any atom is -0.508 e. The van der Waals surface area contributed by atoms with E-state index in [0.717, 1.165) is 6.07 Å². The number of carboxylic acid groups (broad SMARTS) is 1. The number of pyridine rings is 1. The molecule has 0 amide bonds. The molecule has 0 saturated carbocycles. The van der Waals surface area contributed by atoms with Crippen molar-refractivity contribution in [1.29, 1.82) is 0 Å². The maximum absolute atomic E-state index is 11.4. The molecule has 0 atom stereocenters. The van der Waals surface area contributed by atoms with Crippen LogP contribution in [-0.2, 0) is 11.3 Å². The molecule has 0 fully saturated rings. The third-order valence-corrected chi connectivity index (χ3v) is 2.09. The molecule has 2 N–H and O–H groups in total. The van der Waals surface area contributed by atoms with Gasteiger partial charge in [-0.1, -0.05) is 0 Å². The van der Waals surface area contributed by atoms with Crippen molar-refractivity contribution < 1.29 is 15.0 Å². The number of rotatable bonds is 4. The maximum atomic E-state index is 11.4. The molecular weight excluding hydrogens is 198 g/mol. The zero-order valence-corrected chi connectivity index (χ0v) is 8.43. The average molecular weight is 211 g/mol. The van der Waals surface area contributed by atoms with E-state index in [1.54, 1.807) is 6.92 Å². The highest BCUT2D eigenvalue weighted by Crippen LogP contribution is 2.07. The van der Waals surface area contributed by atoms with Crippen LogP contribution in [0.5, 0.6) is 5.75 Å². The lowest BCUT2D eigenvalue weighted by Crippen LogP contribution is -2.21. The van der Waals surface area contributed by atoms with Gasteiger partial charge < -0.3 is 14.8 Å². The van der Waals surface area contributed by atoms with Crippen LogP contribution in [0, 0.1) is 6.92 Å². The first-order valence-corrected chi connectivity index (χ1v) is 4.63. The van der Waals surface area contributed by atoms with Crippen molar-refractivity contribution in [3.63, 3.8) is 0 Å². The summed E-state index contributed by atoms with van der Waals surface area (Å²) in [4.78, 5) is 21.7. The molecule has 1 aromatic heterocycles. The van der Waals surface area contributed by atoms with Crippen LogP contribution < -0.4 is 5.56 Å². The van der Waals surface area contributed by atoms with E-state index in [1.807, 2.05) is 0 Å². The highest BCUT2D eigenvalue weighted by atomic mass is 16.4. The number of aromatic hydroxyl groups is 1. The third kappa shape index (κ3) is 3.12. The Morgan fingerprint density at radius 2 is 2.13 bits per heavy atom. The van der Waals surface area contributed by atoms with Crippen molar-refractivity contribution in [3.8, 4) is 5.75 Å². The van der Waals surface area contributed by atoms with E-state index in [0.29, 0.717) is 18.7 Å². The Morgan fingerprint density at radius 3 is 2.67 bits per heavy atom. The minimum atomic E-state index is -0.875. The predicted octanol–water partition coefficient (Wildman–Crippen LogP) is 0.727. The van der Waals surface area contributed by atoms with Crippen LogP contribution in [0.1, 0.15) is 18.5 Å². The Morgan fingerprint density at radius 1 is 1.47 bits per heavy atom. The minimum absolute atomic E-state index is 0.0345. The van der Waals surface area contributed by atoms with E-state index in [2.05, 4.69) is 0 Å². The van der Waals surface area contributed by atoms with Gasteiger partial charge in [0.05, 0.1) is 0 Å². The van der Waals surface area contributed by atoms with E-state index in [-0.39, 0.29) is 17.7 Å². The monoisotopic (exact) mass is 211 g/mol. The molecule has 1 heterocycles. The normalized spacial score (nSPS) is 10.2. The van der Waals surface area contributed by atoms with Gasteiger partial charge in [-0.25, -0.2) is 0 Å². The van der Waals surface area contributed by atoms with Gasteiger partial charge in [0.25, 0.3) is 5.56 Å². The molecule has 1 rings (SSSR count). The molecule has 0 aliphatic carbocycles. The van der Waals surface area contributed by atoms with Gasteiger partial charge in [-0.2, -0.15) is 0 Å². The number of carbonyl (C=O) groups is 1. The van der Waals surface area contributed by atoms with Crippen LogP contribution in [-0.4, -0.2) is 20.7 Å². The first-order valence-electron chi connectivity index (χ1n) is 4.63. The second-order valence-electron chi connectivity index (χ2n) is 3.34. The summed E-state index contributed by atoms with van der Waals surface area (Å²) in [6, 6.07) is 2.59. The molecule has 0 spiro atoms. The van der Waals surface area contributed by atoms with Crippen molar-refractivity contribution in [2.75, 3.05) is 0 Å². The summed E-state index contributed by atoms with van der Waals surface area (Å²) in [5.41, 5.74) is 0.322. The first-order chi connectivity index (χ1) is 7.00. The molecule has 0 saturated heterocycles. The Kier molecular flexibility index (Phi) is 3.49. The Bertz CT molecular complexity index is 422. The Balaban J connectivity index is 2.77. The summed E-state index contributed by atoms with van der Waals surface area (Å²) in [5.74, 6) is -0.938. The van der Waals surface area contributed by atoms with Gasteiger partial charge in [-0.15, -0.1) is 0 Å². The smallest absolute Gasteiger partial charge is 0.303 e. The van der Waals surface area contributed by atoms with Crippen molar-refractivity contribution >= 4 is 5.97 Å². The van der Waals surface area contributed by atoms with Crippen LogP contribution in [0.3, 0.4) is 0 Å². The number of aliphatic carboxylic acids is 1. The summed E-state index contributed by atoms with van der Waals surface area (Å²) in [6.45, 7) is 2.05. The number of aryl methyl sites for hydroxylation is 1. The molecule has 15 heavy (non-hydrogen) atoms. The van der Waals surface area contributed by atoms with E-state index in [4.69, 9.17) is 10.2 Å². The van der Waals surface area contributed by atoms with Crippen LogP contribution >= 0.6 is 0 Å². The zero-order chi connectivity index (χ0) is 11.4. The van der Waals surface area contributed by atoms with Crippen LogP contribution in [0.4, 0.5) is 0 Å². The topological polar surface area (TPSA) is 79.5 Å². The van der Waals surface area contributed by atoms with E-state index >= 15 is 0 Å². The highest BCUT2D eigenvalue weighted by molar-refractivity contribution is 5.66. The average Bonchev–Trinajstić information content (AvgIpc) is 2.08. The molecule has 0 aliphatic rings. The molecule has 5 nitrogen and oxygen atoms in total. The van der Waals surface area contributed by atoms with E-state index in [9.17, 15) is 9.59 Å². The second kappa shape index (κ2) is 4.63. The molecule has 0 unspecified atom stereocenters. The lowest BCUT2D eigenvalue weighted by molar-refractivity contribution is -0.137. The van der Waals surface area contributed by atoms with Crippen LogP contribution in [0.25, 0.3) is 0 Å². The van der Waals surface area contributed by atoms with Gasteiger partial charge in [0.15, 0.2) is 0 Å². The summed E-state index contributed by atoms with van der Waals surface area (Å²) in [5, 5.41) is 17.6. The number of aromatic nitrogens is 1. The van der Waals surface area contributed by atoms with Crippen molar-refractivity contribution in [2.45, 2.75) is 26.3 Å². The fraction of sp³-hybridized carbons (Fsp3) is 0.400. The Hall–Kier alpha value is -1.78. The second-order valence-corrected chi connectivity index (χ2v) is 3.34. The lowest BCUT2D eigenvalue weighted by atomic mass is 10.3. The summed E-state index contributed by atoms with van der Waals surface area (Å²) < 4.78 is 1.45. The maximum Gasteiger partial charge on any atom is 0.303 e. The third-order valence-electron chi connectivity index (χ3n) is 2.09. The summed E-state index contributed by atoms with van der Waals surface area (Å²) in [6.07, 6.45) is 0.438. The molecule has 0 aromatic carbocycles. The van der Waals surface area contributed by atoms with Crippen molar-refractivity contribution in [1.82, 2.24) is 4.57 Å². The van der Waals surface area contributed by atoms with Gasteiger partial charge in [-0.3, -0.25) is 9.59 Å². The van der Waals surface area contributed by atoms with Gasteiger partial charge in [0.1, 0.15) is 5.75 Å². The number of hydrogen-bond acceptors (Lipinski definition) is 3.